The molecule has 0 aliphatic carbocycles. The van der Waals surface area contributed by atoms with E-state index in [9.17, 15) is 0 Å². The van der Waals surface area contributed by atoms with Gasteiger partial charge < -0.3 is 9.47 Å². The highest BCUT2D eigenvalue weighted by Crippen LogP contribution is 2.44. The molecule has 1 aromatic carbocycles. The molecule has 0 amide bonds. The van der Waals surface area contributed by atoms with E-state index in [1.54, 1.807) is 11.3 Å². The van der Waals surface area contributed by atoms with Crippen LogP contribution in [-0.4, -0.2) is 13.2 Å². The third-order valence-corrected chi connectivity index (χ3v) is 6.02. The standard InChI is InChI=1S/C15H15Br2ClO2S/c1-3-19-12-7-9(11(17)8-13(12)20-4-2)14(18)15-10(16)5-6-21-15/h5-8,14H,3-4H2,1-2H3. The van der Waals surface area contributed by atoms with Crippen molar-refractivity contribution < 1.29 is 9.47 Å². The maximum Gasteiger partial charge on any atom is 0.162 e. The van der Waals surface area contributed by atoms with Crippen molar-refractivity contribution in [1.29, 1.82) is 0 Å². The Morgan fingerprint density at radius 1 is 1.10 bits per heavy atom. The molecule has 0 fully saturated rings. The van der Waals surface area contributed by atoms with E-state index in [2.05, 4.69) is 31.9 Å². The average molecular weight is 455 g/mol. The van der Waals surface area contributed by atoms with Crippen LogP contribution < -0.4 is 9.47 Å². The van der Waals surface area contributed by atoms with Gasteiger partial charge in [0, 0.05) is 13.8 Å². The average Bonchev–Trinajstić information content (AvgIpc) is 2.87. The molecule has 0 spiro atoms. The Labute approximate surface area is 150 Å². The van der Waals surface area contributed by atoms with E-state index in [1.165, 1.54) is 0 Å². The highest BCUT2D eigenvalue weighted by Gasteiger charge is 2.21. The lowest BCUT2D eigenvalue weighted by Crippen LogP contribution is -2.01. The fraction of sp³-hybridized carbons (Fsp3) is 0.333. The number of thiophene rings is 1. The normalized spacial score (nSPS) is 12.2. The number of alkyl halides is 1. The number of ether oxygens (including phenoxy) is 2. The summed E-state index contributed by atoms with van der Waals surface area (Å²) in [6.07, 6.45) is 0. The first-order chi connectivity index (χ1) is 10.1. The lowest BCUT2D eigenvalue weighted by molar-refractivity contribution is 0.287. The summed E-state index contributed by atoms with van der Waals surface area (Å²) in [7, 11) is 0. The van der Waals surface area contributed by atoms with Crippen LogP contribution in [0.25, 0.3) is 0 Å². The van der Waals surface area contributed by atoms with Crippen molar-refractivity contribution in [3.05, 3.63) is 43.0 Å². The van der Waals surface area contributed by atoms with E-state index in [1.807, 2.05) is 37.4 Å². The maximum absolute atomic E-state index is 6.64. The zero-order valence-electron chi connectivity index (χ0n) is 11.7. The van der Waals surface area contributed by atoms with Gasteiger partial charge in [-0.15, -0.1) is 22.9 Å². The molecule has 2 aromatic rings. The molecule has 0 saturated carbocycles. The summed E-state index contributed by atoms with van der Waals surface area (Å²) in [5, 5.41) is 1.77. The highest BCUT2D eigenvalue weighted by atomic mass is 79.9. The van der Waals surface area contributed by atoms with E-state index in [0.717, 1.165) is 30.9 Å². The minimum atomic E-state index is -0.247. The SMILES string of the molecule is CCOc1cc(Br)c(C(Cl)c2sccc2Br)cc1OCC. The summed E-state index contributed by atoms with van der Waals surface area (Å²) in [6.45, 7) is 5.07. The molecule has 114 valence electrons. The van der Waals surface area contributed by atoms with E-state index < -0.39 is 0 Å². The molecule has 21 heavy (non-hydrogen) atoms. The third-order valence-electron chi connectivity index (χ3n) is 2.81. The molecule has 1 atom stereocenters. The summed E-state index contributed by atoms with van der Waals surface area (Å²) in [4.78, 5) is 1.07. The number of hydrogen-bond acceptors (Lipinski definition) is 3. The van der Waals surface area contributed by atoms with Gasteiger partial charge in [-0.3, -0.25) is 0 Å². The van der Waals surface area contributed by atoms with Gasteiger partial charge in [0.05, 0.1) is 18.6 Å². The van der Waals surface area contributed by atoms with Gasteiger partial charge in [0.1, 0.15) is 0 Å². The van der Waals surface area contributed by atoms with Crippen molar-refractivity contribution in [3.63, 3.8) is 0 Å². The Bertz CT molecular complexity index is 616. The van der Waals surface area contributed by atoms with Crippen LogP contribution in [0.5, 0.6) is 11.5 Å². The lowest BCUT2D eigenvalue weighted by atomic mass is 10.1. The van der Waals surface area contributed by atoms with Crippen LogP contribution in [0, 0.1) is 0 Å². The summed E-state index contributed by atoms with van der Waals surface area (Å²) in [5.41, 5.74) is 0.965. The maximum atomic E-state index is 6.64. The Morgan fingerprint density at radius 3 is 2.24 bits per heavy atom. The minimum Gasteiger partial charge on any atom is -0.490 e. The van der Waals surface area contributed by atoms with Crippen LogP contribution in [0.1, 0.15) is 29.7 Å². The Hall–Kier alpha value is -0.230. The second-order valence-electron chi connectivity index (χ2n) is 4.18. The molecule has 2 rings (SSSR count). The largest absolute Gasteiger partial charge is 0.490 e. The number of halogens is 3. The monoisotopic (exact) mass is 452 g/mol. The molecule has 6 heteroatoms. The van der Waals surface area contributed by atoms with Crippen LogP contribution in [0.2, 0.25) is 0 Å². The van der Waals surface area contributed by atoms with Gasteiger partial charge in [-0.25, -0.2) is 0 Å². The lowest BCUT2D eigenvalue weighted by Gasteiger charge is -2.17. The number of rotatable bonds is 6. The quantitative estimate of drug-likeness (QED) is 0.470. The highest BCUT2D eigenvalue weighted by molar-refractivity contribution is 9.10. The van der Waals surface area contributed by atoms with E-state index in [0.29, 0.717) is 13.2 Å². The summed E-state index contributed by atoms with van der Waals surface area (Å²) in [6, 6.07) is 5.87. The number of hydrogen-bond donors (Lipinski definition) is 0. The van der Waals surface area contributed by atoms with Crippen molar-refractivity contribution in [2.45, 2.75) is 19.2 Å². The predicted octanol–water partition coefficient (Wildman–Crippen LogP) is 6.40. The first kappa shape index (κ1) is 17.1. The Kier molecular flexibility index (Phi) is 6.41. The molecular weight excluding hydrogens is 439 g/mol. The molecule has 0 radical (unpaired) electrons. The topological polar surface area (TPSA) is 18.5 Å². The van der Waals surface area contributed by atoms with Crippen LogP contribution in [0.3, 0.4) is 0 Å². The number of benzene rings is 1. The van der Waals surface area contributed by atoms with E-state index >= 15 is 0 Å². The van der Waals surface area contributed by atoms with Crippen LogP contribution >= 0.6 is 54.8 Å². The van der Waals surface area contributed by atoms with Gasteiger partial charge in [0.25, 0.3) is 0 Å². The van der Waals surface area contributed by atoms with E-state index in [4.69, 9.17) is 21.1 Å². The summed E-state index contributed by atoms with van der Waals surface area (Å²) < 4.78 is 13.2. The molecule has 1 unspecified atom stereocenters. The molecule has 0 N–H and O–H groups in total. The third kappa shape index (κ3) is 3.95. The molecular formula is C15H15Br2ClO2S. The fourth-order valence-corrected chi connectivity index (χ4v) is 4.77. The van der Waals surface area contributed by atoms with Crippen LogP contribution in [0.4, 0.5) is 0 Å². The minimum absolute atomic E-state index is 0.247. The molecule has 0 aliphatic heterocycles. The molecule has 2 nitrogen and oxygen atoms in total. The zero-order chi connectivity index (χ0) is 15.4. The molecule has 1 heterocycles. The Balaban J connectivity index is 2.44. The van der Waals surface area contributed by atoms with Crippen molar-refractivity contribution in [2.24, 2.45) is 0 Å². The van der Waals surface area contributed by atoms with Crippen molar-refractivity contribution >= 4 is 54.8 Å². The van der Waals surface area contributed by atoms with Gasteiger partial charge in [0.2, 0.25) is 0 Å². The Morgan fingerprint density at radius 2 is 1.71 bits per heavy atom. The molecule has 0 bridgehead atoms. The van der Waals surface area contributed by atoms with Crippen LogP contribution in [0.15, 0.2) is 32.5 Å². The summed E-state index contributed by atoms with van der Waals surface area (Å²) in [5.74, 6) is 1.44. The fourth-order valence-electron chi connectivity index (χ4n) is 1.91. The first-order valence-electron chi connectivity index (χ1n) is 6.54. The molecule has 0 saturated heterocycles. The van der Waals surface area contributed by atoms with Crippen molar-refractivity contribution in [2.75, 3.05) is 13.2 Å². The van der Waals surface area contributed by atoms with Gasteiger partial charge >= 0.3 is 0 Å². The van der Waals surface area contributed by atoms with Gasteiger partial charge in [0.15, 0.2) is 11.5 Å². The van der Waals surface area contributed by atoms with Crippen LogP contribution in [-0.2, 0) is 0 Å². The van der Waals surface area contributed by atoms with Gasteiger partial charge in [-0.05, 0) is 58.9 Å². The second-order valence-corrected chi connectivity index (χ2v) is 7.27. The second kappa shape index (κ2) is 7.86. The van der Waals surface area contributed by atoms with Crippen molar-refractivity contribution in [3.8, 4) is 11.5 Å². The molecule has 1 aromatic heterocycles. The smallest absolute Gasteiger partial charge is 0.162 e. The zero-order valence-corrected chi connectivity index (χ0v) is 16.4. The van der Waals surface area contributed by atoms with E-state index in [-0.39, 0.29) is 5.38 Å². The first-order valence-corrected chi connectivity index (χ1v) is 9.44. The summed E-state index contributed by atoms with van der Waals surface area (Å²) >= 11 is 15.4. The predicted molar refractivity (Wildman–Crippen MR) is 96.2 cm³/mol. The van der Waals surface area contributed by atoms with Gasteiger partial charge in [-0.2, -0.15) is 0 Å². The molecule has 0 aliphatic rings. The van der Waals surface area contributed by atoms with Crippen molar-refractivity contribution in [1.82, 2.24) is 0 Å². The van der Waals surface area contributed by atoms with Gasteiger partial charge in [-0.1, -0.05) is 15.9 Å².